The van der Waals surface area contributed by atoms with Crippen LogP contribution in [0, 0.1) is 0 Å². The van der Waals surface area contributed by atoms with Crippen molar-refractivity contribution in [1.29, 1.82) is 0 Å². The van der Waals surface area contributed by atoms with E-state index in [1.54, 1.807) is 0 Å². The number of likely N-dealkylation sites (N-methyl/N-ethyl adjacent to an activating group) is 1. The number of nitrogens with zero attached hydrogens (tertiary/aromatic N) is 1. The van der Waals surface area contributed by atoms with Gasteiger partial charge in [0.05, 0.1) is 0 Å². The highest BCUT2D eigenvalue weighted by molar-refractivity contribution is 4.89. The molecule has 0 radical (unpaired) electrons. The zero-order valence-electron chi connectivity index (χ0n) is 9.89. The van der Waals surface area contributed by atoms with E-state index in [9.17, 15) is 0 Å². The summed E-state index contributed by atoms with van der Waals surface area (Å²) >= 11 is 0. The Morgan fingerprint density at radius 1 is 1.21 bits per heavy atom. The molecule has 1 aliphatic rings. The average Bonchev–Trinajstić information content (AvgIpc) is 2.15. The van der Waals surface area contributed by atoms with Gasteiger partial charge in [-0.2, -0.15) is 0 Å². The number of unbranched alkanes of at least 4 members (excludes halogenated alkanes) is 1. The average molecular weight is 198 g/mol. The van der Waals surface area contributed by atoms with Crippen LogP contribution in [0.15, 0.2) is 0 Å². The van der Waals surface area contributed by atoms with Crippen LogP contribution in [0.1, 0.15) is 51.9 Å². The second kappa shape index (κ2) is 5.72. The van der Waals surface area contributed by atoms with E-state index in [2.05, 4.69) is 18.9 Å². The van der Waals surface area contributed by atoms with Crippen LogP contribution < -0.4 is 5.73 Å². The van der Waals surface area contributed by atoms with Gasteiger partial charge in [-0.05, 0) is 32.9 Å². The molecular weight excluding hydrogens is 172 g/mol. The Hall–Kier alpha value is -0.0800. The molecule has 0 aromatic rings. The van der Waals surface area contributed by atoms with Crippen LogP contribution in [0.2, 0.25) is 0 Å². The van der Waals surface area contributed by atoms with E-state index in [4.69, 9.17) is 5.73 Å². The van der Waals surface area contributed by atoms with Crippen LogP contribution in [0.3, 0.4) is 0 Å². The smallest absolute Gasteiger partial charge is 0.0283 e. The lowest BCUT2D eigenvalue weighted by Crippen LogP contribution is -2.50. The first-order valence-electron chi connectivity index (χ1n) is 6.14. The third-order valence-corrected chi connectivity index (χ3v) is 3.33. The molecule has 1 fully saturated rings. The summed E-state index contributed by atoms with van der Waals surface area (Å²) < 4.78 is 0. The van der Waals surface area contributed by atoms with Crippen molar-refractivity contribution in [3.8, 4) is 0 Å². The second-order valence-corrected chi connectivity index (χ2v) is 5.01. The molecule has 84 valence electrons. The van der Waals surface area contributed by atoms with Gasteiger partial charge in [-0.25, -0.2) is 0 Å². The van der Waals surface area contributed by atoms with Gasteiger partial charge in [0.15, 0.2) is 0 Å². The van der Waals surface area contributed by atoms with Crippen LogP contribution in [0.4, 0.5) is 0 Å². The van der Waals surface area contributed by atoms with Gasteiger partial charge in [0, 0.05) is 12.1 Å². The van der Waals surface area contributed by atoms with Gasteiger partial charge in [-0.15, -0.1) is 0 Å². The second-order valence-electron chi connectivity index (χ2n) is 5.01. The fourth-order valence-electron chi connectivity index (χ4n) is 2.46. The molecule has 1 aliphatic carbocycles. The first-order valence-corrected chi connectivity index (χ1v) is 6.14. The van der Waals surface area contributed by atoms with Crippen molar-refractivity contribution < 1.29 is 0 Å². The molecule has 0 atom stereocenters. The van der Waals surface area contributed by atoms with Gasteiger partial charge in [0.1, 0.15) is 0 Å². The summed E-state index contributed by atoms with van der Waals surface area (Å²) in [5.41, 5.74) is 6.52. The Kier molecular flexibility index (Phi) is 4.90. The highest BCUT2D eigenvalue weighted by Crippen LogP contribution is 2.26. The Balaban J connectivity index is 2.25. The van der Waals surface area contributed by atoms with Crippen LogP contribution in [0.5, 0.6) is 0 Å². The number of hydrogen-bond acceptors (Lipinski definition) is 2. The Morgan fingerprint density at radius 2 is 1.86 bits per heavy atom. The largest absolute Gasteiger partial charge is 0.324 e. The molecule has 2 N–H and O–H groups in total. The fourth-order valence-corrected chi connectivity index (χ4v) is 2.46. The summed E-state index contributed by atoms with van der Waals surface area (Å²) in [5, 5.41) is 0. The predicted molar refractivity (Wildman–Crippen MR) is 62.4 cm³/mol. The molecule has 0 aromatic carbocycles. The summed E-state index contributed by atoms with van der Waals surface area (Å²) in [6.07, 6.45) is 9.08. The molecule has 14 heavy (non-hydrogen) atoms. The van der Waals surface area contributed by atoms with E-state index >= 15 is 0 Å². The fraction of sp³-hybridized carbons (Fsp3) is 1.00. The molecule has 1 saturated carbocycles. The van der Waals surface area contributed by atoms with Crippen molar-refractivity contribution >= 4 is 0 Å². The van der Waals surface area contributed by atoms with E-state index in [0.29, 0.717) is 0 Å². The van der Waals surface area contributed by atoms with Gasteiger partial charge in [-0.3, -0.25) is 0 Å². The Bertz CT molecular complexity index is 150. The topological polar surface area (TPSA) is 29.3 Å². The minimum Gasteiger partial charge on any atom is -0.324 e. The maximum absolute atomic E-state index is 6.39. The van der Waals surface area contributed by atoms with Crippen LogP contribution >= 0.6 is 0 Å². The van der Waals surface area contributed by atoms with E-state index in [-0.39, 0.29) is 5.54 Å². The highest BCUT2D eigenvalue weighted by atomic mass is 15.1. The van der Waals surface area contributed by atoms with Crippen LogP contribution in [-0.4, -0.2) is 30.6 Å². The van der Waals surface area contributed by atoms with Crippen molar-refractivity contribution in [2.24, 2.45) is 5.73 Å². The molecule has 0 aromatic heterocycles. The quantitative estimate of drug-likeness (QED) is 0.735. The molecule has 0 heterocycles. The SMILES string of the molecule is CCCCN(C)CC1(N)CCCCC1. The van der Waals surface area contributed by atoms with Crippen molar-refractivity contribution in [2.45, 2.75) is 57.4 Å². The minimum absolute atomic E-state index is 0.126. The molecular formula is C12H26N2. The van der Waals surface area contributed by atoms with Crippen molar-refractivity contribution in [1.82, 2.24) is 4.90 Å². The van der Waals surface area contributed by atoms with Crippen molar-refractivity contribution in [3.05, 3.63) is 0 Å². The van der Waals surface area contributed by atoms with Crippen LogP contribution in [-0.2, 0) is 0 Å². The van der Waals surface area contributed by atoms with Gasteiger partial charge in [0.25, 0.3) is 0 Å². The summed E-state index contributed by atoms with van der Waals surface area (Å²) in [6.45, 7) is 4.54. The lowest BCUT2D eigenvalue weighted by molar-refractivity contribution is 0.196. The molecule has 0 aliphatic heterocycles. The number of nitrogens with two attached hydrogens (primary N) is 1. The van der Waals surface area contributed by atoms with E-state index in [0.717, 1.165) is 6.54 Å². The highest BCUT2D eigenvalue weighted by Gasteiger charge is 2.28. The zero-order valence-corrected chi connectivity index (χ0v) is 9.89. The van der Waals surface area contributed by atoms with E-state index < -0.39 is 0 Å². The maximum Gasteiger partial charge on any atom is 0.0283 e. The van der Waals surface area contributed by atoms with Crippen molar-refractivity contribution in [2.75, 3.05) is 20.1 Å². The molecule has 2 nitrogen and oxygen atoms in total. The summed E-state index contributed by atoms with van der Waals surface area (Å²) in [6, 6.07) is 0. The maximum atomic E-state index is 6.39. The molecule has 0 saturated heterocycles. The lowest BCUT2D eigenvalue weighted by atomic mass is 9.82. The first-order chi connectivity index (χ1) is 6.66. The monoisotopic (exact) mass is 198 g/mol. The van der Waals surface area contributed by atoms with Crippen LogP contribution in [0.25, 0.3) is 0 Å². The van der Waals surface area contributed by atoms with Gasteiger partial charge in [0.2, 0.25) is 0 Å². The molecule has 1 rings (SSSR count). The molecule has 0 unspecified atom stereocenters. The number of rotatable bonds is 5. The Morgan fingerprint density at radius 3 is 2.43 bits per heavy atom. The normalized spacial score (nSPS) is 21.4. The summed E-state index contributed by atoms with van der Waals surface area (Å²) in [7, 11) is 2.21. The number of hydrogen-bond donors (Lipinski definition) is 1. The molecule has 0 bridgehead atoms. The predicted octanol–water partition coefficient (Wildman–Crippen LogP) is 2.38. The first kappa shape index (κ1) is 12.0. The zero-order chi connectivity index (χ0) is 10.4. The molecule has 2 heteroatoms. The van der Waals surface area contributed by atoms with Gasteiger partial charge < -0.3 is 10.6 Å². The van der Waals surface area contributed by atoms with E-state index in [1.807, 2.05) is 0 Å². The molecule has 0 spiro atoms. The third-order valence-electron chi connectivity index (χ3n) is 3.33. The summed E-state index contributed by atoms with van der Waals surface area (Å²) in [4.78, 5) is 2.41. The summed E-state index contributed by atoms with van der Waals surface area (Å²) in [5.74, 6) is 0. The van der Waals surface area contributed by atoms with Gasteiger partial charge >= 0.3 is 0 Å². The minimum atomic E-state index is 0.126. The third kappa shape index (κ3) is 3.97. The lowest BCUT2D eigenvalue weighted by Gasteiger charge is -2.36. The van der Waals surface area contributed by atoms with Gasteiger partial charge in [-0.1, -0.05) is 32.6 Å². The standard InChI is InChI=1S/C12H26N2/c1-3-4-10-14(2)11-12(13)8-6-5-7-9-12/h3-11,13H2,1-2H3. The van der Waals surface area contributed by atoms with E-state index in [1.165, 1.54) is 51.5 Å². The van der Waals surface area contributed by atoms with Crippen molar-refractivity contribution in [3.63, 3.8) is 0 Å². The molecule has 0 amide bonds. The Labute approximate surface area is 88.8 Å².